The zero-order chi connectivity index (χ0) is 6.69. The van der Waals surface area contributed by atoms with Crippen LogP contribution in [0.3, 0.4) is 0 Å². The molecule has 0 saturated heterocycles. The van der Waals surface area contributed by atoms with Gasteiger partial charge in [0.05, 0.1) is 0 Å². The first-order chi connectivity index (χ1) is 4.30. The summed E-state index contributed by atoms with van der Waals surface area (Å²) < 4.78 is 0.629. The number of halogens is 1. The first-order valence-corrected chi connectivity index (χ1v) is 4.24. The van der Waals surface area contributed by atoms with Crippen molar-refractivity contribution >= 4 is 32.5 Å². The Morgan fingerprint density at radius 3 is 2.00 bits per heavy atom. The van der Waals surface area contributed by atoms with E-state index in [-0.39, 0.29) is 9.90 Å². The van der Waals surface area contributed by atoms with E-state index in [9.17, 15) is 0 Å². The van der Waals surface area contributed by atoms with E-state index in [0.29, 0.717) is 3.92 Å². The molecular weight excluding hydrogens is 254 g/mol. The van der Waals surface area contributed by atoms with E-state index in [1.54, 1.807) is 0 Å². The summed E-state index contributed by atoms with van der Waals surface area (Å²) in [5, 5.41) is 0. The smallest absolute Gasteiger partial charge is 0.0331 e. The number of alkyl halides is 1. The van der Waals surface area contributed by atoms with Crippen molar-refractivity contribution in [2.75, 3.05) is 0 Å². The number of rotatable bonds is 1. The third-order valence-electron chi connectivity index (χ3n) is 1.26. The predicted octanol–water partition coefficient (Wildman–Crippen LogP) is 3.24. The fourth-order valence-corrected chi connectivity index (χ4v) is 1.13. The lowest BCUT2D eigenvalue weighted by molar-refractivity contribution is 1.15. The average Bonchev–Trinajstić information content (AvgIpc) is 1.90. The second kappa shape index (κ2) is 5.09. The summed E-state index contributed by atoms with van der Waals surface area (Å²) in [7, 11) is 0. The molecule has 1 aromatic rings. The van der Waals surface area contributed by atoms with Crippen LogP contribution in [0.5, 0.6) is 0 Å². The summed E-state index contributed by atoms with van der Waals surface area (Å²) in [6.45, 7) is 2.19. The molecule has 0 amide bonds. The molecule has 0 N–H and O–H groups in total. The van der Waals surface area contributed by atoms with E-state index < -0.39 is 0 Å². The molecule has 2 heteroatoms. The van der Waals surface area contributed by atoms with Gasteiger partial charge in [0.25, 0.3) is 0 Å². The third-order valence-corrected chi connectivity index (χ3v) is 1.98. The lowest BCUT2D eigenvalue weighted by Gasteiger charge is -1.99. The van der Waals surface area contributed by atoms with Crippen molar-refractivity contribution in [3.05, 3.63) is 35.9 Å². The highest BCUT2D eigenvalue weighted by Crippen LogP contribution is 2.20. The van der Waals surface area contributed by atoms with Crippen molar-refractivity contribution in [2.24, 2.45) is 0 Å². The molecule has 0 heterocycles. The molecule has 2 atom stereocenters. The van der Waals surface area contributed by atoms with E-state index in [4.69, 9.17) is 0 Å². The summed E-state index contributed by atoms with van der Waals surface area (Å²) in [5.74, 6) is 0. The van der Waals surface area contributed by atoms with E-state index in [1.807, 2.05) is 6.07 Å². The summed E-state index contributed by atoms with van der Waals surface area (Å²) in [6.07, 6.45) is 0. The second-order valence-electron chi connectivity index (χ2n) is 2.03. The van der Waals surface area contributed by atoms with Crippen molar-refractivity contribution in [3.63, 3.8) is 0 Å². The first kappa shape index (κ1) is 10.4. The van der Waals surface area contributed by atoms with Crippen molar-refractivity contribution in [2.45, 2.75) is 10.8 Å². The predicted molar refractivity (Wildman–Crippen MR) is 60.0 cm³/mol. The maximum absolute atomic E-state index is 2.41. The third kappa shape index (κ3) is 2.98. The number of hydrogen-bond donors (Lipinski definition) is 0. The highest BCUT2D eigenvalue weighted by atomic mass is 127. The largest absolute Gasteiger partial charge is 0.153 e. The second-order valence-corrected chi connectivity index (χ2v) is 3.90. The van der Waals surface area contributed by atoms with Crippen molar-refractivity contribution in [1.82, 2.24) is 0 Å². The minimum atomic E-state index is 0. The van der Waals surface area contributed by atoms with Gasteiger partial charge in [0.1, 0.15) is 0 Å². The molecule has 0 bridgehead atoms. The Bertz CT molecular complexity index is 172. The Kier molecular flexibility index (Phi) is 5.28. The van der Waals surface area contributed by atoms with Gasteiger partial charge >= 0.3 is 0 Å². The standard InChI is InChI=1S/C8H9I.H3P/c1-7(9)8-5-3-2-4-6-8;/h2-7H,1H3;1H3. The molecule has 0 aliphatic rings. The lowest BCUT2D eigenvalue weighted by atomic mass is 10.2. The summed E-state index contributed by atoms with van der Waals surface area (Å²) in [5.41, 5.74) is 1.40. The molecule has 0 saturated carbocycles. The fraction of sp³-hybridized carbons (Fsp3) is 0.250. The van der Waals surface area contributed by atoms with Crippen LogP contribution in [0.4, 0.5) is 0 Å². The molecular formula is C8H12IP. The molecule has 56 valence electrons. The minimum absolute atomic E-state index is 0. The van der Waals surface area contributed by atoms with Gasteiger partial charge in [-0.1, -0.05) is 52.9 Å². The van der Waals surface area contributed by atoms with Crippen LogP contribution in [0, 0.1) is 0 Å². The van der Waals surface area contributed by atoms with Crippen LogP contribution < -0.4 is 0 Å². The molecule has 0 radical (unpaired) electrons. The average molecular weight is 266 g/mol. The fourth-order valence-electron chi connectivity index (χ4n) is 0.718. The Morgan fingerprint density at radius 1 is 1.20 bits per heavy atom. The van der Waals surface area contributed by atoms with Crippen LogP contribution in [0.15, 0.2) is 30.3 Å². The van der Waals surface area contributed by atoms with Crippen LogP contribution in [-0.4, -0.2) is 0 Å². The summed E-state index contributed by atoms with van der Waals surface area (Å²) >= 11 is 2.41. The Balaban J connectivity index is 0.000000810. The van der Waals surface area contributed by atoms with Crippen LogP contribution in [0.2, 0.25) is 0 Å². The zero-order valence-electron chi connectivity index (χ0n) is 6.05. The molecule has 0 aliphatic heterocycles. The zero-order valence-corrected chi connectivity index (χ0v) is 9.62. The SMILES string of the molecule is CC(I)c1ccccc1.P. The molecule has 0 nitrogen and oxygen atoms in total. The molecule has 0 fully saturated rings. The normalized spacial score (nSPS) is 11.8. The van der Waals surface area contributed by atoms with Gasteiger partial charge < -0.3 is 0 Å². The van der Waals surface area contributed by atoms with Gasteiger partial charge in [-0.2, -0.15) is 9.90 Å². The van der Waals surface area contributed by atoms with E-state index >= 15 is 0 Å². The van der Waals surface area contributed by atoms with Gasteiger partial charge in [0, 0.05) is 3.92 Å². The van der Waals surface area contributed by atoms with E-state index in [0.717, 1.165) is 0 Å². The highest BCUT2D eigenvalue weighted by molar-refractivity contribution is 14.1. The van der Waals surface area contributed by atoms with Crippen molar-refractivity contribution in [1.29, 1.82) is 0 Å². The molecule has 1 aromatic carbocycles. The minimum Gasteiger partial charge on any atom is -0.153 e. The van der Waals surface area contributed by atoms with Gasteiger partial charge in [-0.15, -0.1) is 0 Å². The van der Waals surface area contributed by atoms with Crippen molar-refractivity contribution < 1.29 is 0 Å². The van der Waals surface area contributed by atoms with Crippen LogP contribution in [-0.2, 0) is 0 Å². The summed E-state index contributed by atoms with van der Waals surface area (Å²) in [6, 6.07) is 10.5. The maximum atomic E-state index is 2.41. The van der Waals surface area contributed by atoms with Gasteiger partial charge in [0.2, 0.25) is 0 Å². The Hall–Kier alpha value is 0.380. The Labute approximate surface area is 79.2 Å². The van der Waals surface area contributed by atoms with Gasteiger partial charge in [-0.3, -0.25) is 0 Å². The van der Waals surface area contributed by atoms with E-state index in [1.165, 1.54) is 5.56 Å². The van der Waals surface area contributed by atoms with Crippen LogP contribution >= 0.6 is 32.5 Å². The van der Waals surface area contributed by atoms with Gasteiger partial charge in [0.15, 0.2) is 0 Å². The molecule has 2 unspecified atom stereocenters. The van der Waals surface area contributed by atoms with Crippen molar-refractivity contribution in [3.8, 4) is 0 Å². The topological polar surface area (TPSA) is 0 Å². The van der Waals surface area contributed by atoms with Gasteiger partial charge in [-0.05, 0) is 12.5 Å². The molecule has 1 rings (SSSR count). The summed E-state index contributed by atoms with van der Waals surface area (Å²) in [4.78, 5) is 0. The van der Waals surface area contributed by atoms with E-state index in [2.05, 4.69) is 53.8 Å². The Morgan fingerprint density at radius 2 is 1.70 bits per heavy atom. The molecule has 0 spiro atoms. The number of benzene rings is 1. The molecule has 0 aromatic heterocycles. The molecule has 10 heavy (non-hydrogen) atoms. The highest BCUT2D eigenvalue weighted by Gasteiger charge is 1.95. The number of hydrogen-bond acceptors (Lipinski definition) is 0. The lowest BCUT2D eigenvalue weighted by Crippen LogP contribution is -1.79. The van der Waals surface area contributed by atoms with Crippen LogP contribution in [0.25, 0.3) is 0 Å². The monoisotopic (exact) mass is 266 g/mol. The first-order valence-electron chi connectivity index (χ1n) is 2.99. The molecule has 0 aliphatic carbocycles. The maximum Gasteiger partial charge on any atom is 0.0331 e. The van der Waals surface area contributed by atoms with Gasteiger partial charge in [-0.25, -0.2) is 0 Å². The quantitative estimate of drug-likeness (QED) is 0.416. The van der Waals surface area contributed by atoms with Crippen LogP contribution in [0.1, 0.15) is 16.4 Å².